The Hall–Kier alpha value is -4.41. The van der Waals surface area contributed by atoms with Crippen LogP contribution in [0.15, 0.2) is 71.9 Å². The summed E-state index contributed by atoms with van der Waals surface area (Å²) in [4.78, 5) is 37.3. The van der Waals surface area contributed by atoms with Crippen molar-refractivity contribution in [1.29, 1.82) is 0 Å². The van der Waals surface area contributed by atoms with E-state index in [1.165, 1.54) is 30.3 Å². The fraction of sp³-hybridized carbons (Fsp3) is 0.172. The minimum Gasteiger partial charge on any atom is -0.396 e. The highest BCUT2D eigenvalue weighted by atomic mass is 35.5. The largest absolute Gasteiger partial charge is 0.396 e. The Balaban J connectivity index is 1.44. The number of aromatic amines is 1. The monoisotopic (exact) mass is 563 g/mol. The molecule has 0 saturated heterocycles. The van der Waals surface area contributed by atoms with Crippen molar-refractivity contribution in [3.8, 4) is 5.69 Å². The Morgan fingerprint density at radius 2 is 2.00 bits per heavy atom. The number of aliphatic hydroxyl groups excluding tert-OH is 1. The number of imidazole rings is 1. The summed E-state index contributed by atoms with van der Waals surface area (Å²) in [7, 11) is 0. The molecule has 2 aromatic heterocycles. The van der Waals surface area contributed by atoms with E-state index >= 15 is 0 Å². The number of rotatable bonds is 8. The SMILES string of the molecule is Cc1ccc(F)c2nc([C@@H](CNC(=O)c3ccc(-n4cnc(CCO)c4)cc3Cl)c3cccc(F)c3)[nH]c(=O)c12. The lowest BCUT2D eigenvalue weighted by Crippen LogP contribution is -2.31. The quantitative estimate of drug-likeness (QED) is 0.258. The van der Waals surface area contributed by atoms with Gasteiger partial charge in [-0.2, -0.15) is 0 Å². The van der Waals surface area contributed by atoms with Crippen LogP contribution in [0.4, 0.5) is 8.78 Å². The number of aryl methyl sites for hydroxylation is 1. The molecule has 0 spiro atoms. The standard InChI is InChI=1S/C29H24ClF2N5O3/c1-16-5-8-24(32)26-25(16)29(40)36-27(35-26)22(17-3-2-4-18(31)11-17)13-33-28(39)21-7-6-20(12-23(21)30)37-14-19(9-10-38)34-15-37/h2-8,11-12,14-15,22,38H,9-10,13H2,1H3,(H,33,39)(H,35,36,40)/t22-/m0/s1. The molecule has 11 heteroatoms. The Kier molecular flexibility index (Phi) is 7.72. The Bertz CT molecular complexity index is 1790. The number of aromatic nitrogens is 4. The van der Waals surface area contributed by atoms with Crippen LogP contribution in [0.3, 0.4) is 0 Å². The number of halogens is 3. The molecule has 40 heavy (non-hydrogen) atoms. The van der Waals surface area contributed by atoms with Gasteiger partial charge in [0.05, 0.1) is 33.9 Å². The maximum Gasteiger partial charge on any atom is 0.259 e. The van der Waals surface area contributed by atoms with Gasteiger partial charge in [0.1, 0.15) is 23.0 Å². The molecule has 0 aliphatic carbocycles. The van der Waals surface area contributed by atoms with Crippen LogP contribution in [0, 0.1) is 18.6 Å². The summed E-state index contributed by atoms with van der Waals surface area (Å²) in [6.45, 7) is 1.57. The molecule has 3 aromatic carbocycles. The molecule has 5 aromatic rings. The zero-order valence-electron chi connectivity index (χ0n) is 21.3. The molecule has 1 atom stereocenters. The summed E-state index contributed by atoms with van der Waals surface area (Å²) in [6.07, 6.45) is 3.76. The van der Waals surface area contributed by atoms with Gasteiger partial charge in [0.15, 0.2) is 0 Å². The van der Waals surface area contributed by atoms with Crippen molar-refractivity contribution in [2.75, 3.05) is 13.2 Å². The predicted molar refractivity (Wildman–Crippen MR) is 147 cm³/mol. The second-order valence-corrected chi connectivity index (χ2v) is 9.67. The van der Waals surface area contributed by atoms with Gasteiger partial charge in [-0.1, -0.05) is 29.8 Å². The van der Waals surface area contributed by atoms with Crippen LogP contribution in [0.5, 0.6) is 0 Å². The van der Waals surface area contributed by atoms with E-state index < -0.39 is 29.0 Å². The van der Waals surface area contributed by atoms with Crippen molar-refractivity contribution < 1.29 is 18.7 Å². The normalized spacial score (nSPS) is 12.0. The molecule has 2 heterocycles. The minimum atomic E-state index is -0.800. The topological polar surface area (TPSA) is 113 Å². The first-order valence-corrected chi connectivity index (χ1v) is 12.8. The van der Waals surface area contributed by atoms with Gasteiger partial charge in [0.2, 0.25) is 0 Å². The Labute approximate surface area is 232 Å². The summed E-state index contributed by atoms with van der Waals surface area (Å²) >= 11 is 6.44. The van der Waals surface area contributed by atoms with Crippen LogP contribution in [-0.2, 0) is 6.42 Å². The van der Waals surface area contributed by atoms with Crippen LogP contribution in [0.2, 0.25) is 5.02 Å². The molecule has 0 bridgehead atoms. The van der Waals surface area contributed by atoms with Crippen molar-refractivity contribution in [1.82, 2.24) is 24.8 Å². The van der Waals surface area contributed by atoms with E-state index in [-0.39, 0.29) is 40.5 Å². The third-order valence-corrected chi connectivity index (χ3v) is 6.90. The third kappa shape index (κ3) is 5.49. The van der Waals surface area contributed by atoms with E-state index in [0.29, 0.717) is 28.9 Å². The second-order valence-electron chi connectivity index (χ2n) is 9.27. The van der Waals surface area contributed by atoms with Crippen molar-refractivity contribution >= 4 is 28.4 Å². The van der Waals surface area contributed by atoms with E-state index in [9.17, 15) is 18.4 Å². The summed E-state index contributed by atoms with van der Waals surface area (Å²) in [5.41, 5.74) is 1.92. The summed E-state index contributed by atoms with van der Waals surface area (Å²) in [5, 5.41) is 12.2. The highest BCUT2D eigenvalue weighted by Crippen LogP contribution is 2.25. The first-order valence-electron chi connectivity index (χ1n) is 12.4. The number of carbonyl (C=O) groups is 1. The average molecular weight is 564 g/mol. The number of hydrogen-bond donors (Lipinski definition) is 3. The summed E-state index contributed by atoms with van der Waals surface area (Å²) in [5.74, 6) is -2.41. The molecule has 3 N–H and O–H groups in total. The molecule has 204 valence electrons. The van der Waals surface area contributed by atoms with Crippen LogP contribution in [-0.4, -0.2) is 43.7 Å². The predicted octanol–water partition coefficient (Wildman–Crippen LogP) is 4.45. The molecule has 1 amide bonds. The fourth-order valence-electron chi connectivity index (χ4n) is 4.54. The van der Waals surface area contributed by atoms with Crippen molar-refractivity contribution in [2.45, 2.75) is 19.3 Å². The number of aliphatic hydroxyl groups is 1. The average Bonchev–Trinajstić information content (AvgIpc) is 3.39. The molecule has 8 nitrogen and oxygen atoms in total. The van der Waals surface area contributed by atoms with E-state index in [0.717, 1.165) is 0 Å². The van der Waals surface area contributed by atoms with E-state index in [4.69, 9.17) is 16.7 Å². The van der Waals surface area contributed by atoms with Crippen molar-refractivity contribution in [3.05, 3.63) is 122 Å². The maximum absolute atomic E-state index is 14.7. The van der Waals surface area contributed by atoms with Crippen LogP contribution >= 0.6 is 11.6 Å². The molecule has 0 fully saturated rings. The van der Waals surface area contributed by atoms with Gasteiger partial charge in [-0.25, -0.2) is 18.7 Å². The van der Waals surface area contributed by atoms with Gasteiger partial charge >= 0.3 is 0 Å². The van der Waals surface area contributed by atoms with Gasteiger partial charge in [-0.15, -0.1) is 0 Å². The first kappa shape index (κ1) is 27.2. The first-order chi connectivity index (χ1) is 19.2. The number of hydrogen-bond acceptors (Lipinski definition) is 5. The highest BCUT2D eigenvalue weighted by Gasteiger charge is 2.22. The van der Waals surface area contributed by atoms with Gasteiger partial charge in [0.25, 0.3) is 11.5 Å². The third-order valence-electron chi connectivity index (χ3n) is 6.59. The molecule has 0 aliphatic heterocycles. The Morgan fingerprint density at radius 3 is 2.75 bits per heavy atom. The number of carbonyl (C=O) groups excluding carboxylic acids is 1. The van der Waals surface area contributed by atoms with Gasteiger partial charge in [0, 0.05) is 31.5 Å². The zero-order valence-corrected chi connectivity index (χ0v) is 22.0. The van der Waals surface area contributed by atoms with Crippen molar-refractivity contribution in [2.24, 2.45) is 0 Å². The van der Waals surface area contributed by atoms with Gasteiger partial charge in [-0.3, -0.25) is 9.59 Å². The smallest absolute Gasteiger partial charge is 0.259 e. The van der Waals surface area contributed by atoms with E-state index in [1.807, 2.05) is 0 Å². The minimum absolute atomic E-state index is 0.0231. The summed E-state index contributed by atoms with van der Waals surface area (Å²) in [6, 6.07) is 13.3. The molecule has 0 aliphatic rings. The lowest BCUT2D eigenvalue weighted by atomic mass is 9.97. The molecular weight excluding hydrogens is 540 g/mol. The number of nitrogens with one attached hydrogen (secondary N) is 2. The molecule has 0 radical (unpaired) electrons. The Morgan fingerprint density at radius 1 is 1.18 bits per heavy atom. The number of nitrogens with zero attached hydrogens (tertiary/aromatic N) is 3. The van der Waals surface area contributed by atoms with Gasteiger partial charge in [-0.05, 0) is 54.4 Å². The van der Waals surface area contributed by atoms with E-state index in [2.05, 4.69) is 20.3 Å². The molecule has 0 saturated carbocycles. The molecule has 5 rings (SSSR count). The van der Waals surface area contributed by atoms with Crippen LogP contribution < -0.4 is 10.9 Å². The second kappa shape index (κ2) is 11.4. The molecular formula is C29H24ClF2N5O3. The van der Waals surface area contributed by atoms with Crippen LogP contribution in [0.25, 0.3) is 16.6 Å². The van der Waals surface area contributed by atoms with E-state index in [1.54, 1.807) is 48.3 Å². The maximum atomic E-state index is 14.7. The lowest BCUT2D eigenvalue weighted by Gasteiger charge is -2.19. The van der Waals surface area contributed by atoms with Gasteiger partial charge < -0.3 is 20.0 Å². The lowest BCUT2D eigenvalue weighted by molar-refractivity contribution is 0.0952. The number of benzene rings is 3. The van der Waals surface area contributed by atoms with Crippen LogP contribution in [0.1, 0.15) is 38.9 Å². The summed E-state index contributed by atoms with van der Waals surface area (Å²) < 4.78 is 30.5. The number of H-pyrrole nitrogens is 1. The molecule has 0 unspecified atom stereocenters. The fourth-order valence-corrected chi connectivity index (χ4v) is 4.80. The highest BCUT2D eigenvalue weighted by molar-refractivity contribution is 6.34. The number of fused-ring (bicyclic) bond motifs is 1. The zero-order chi connectivity index (χ0) is 28.4. The number of amides is 1. The van der Waals surface area contributed by atoms with Crippen molar-refractivity contribution in [3.63, 3.8) is 0 Å².